The number of hydrogen-bond acceptors (Lipinski definition) is 4. The van der Waals surface area contributed by atoms with Crippen molar-refractivity contribution in [3.63, 3.8) is 0 Å². The Labute approximate surface area is 118 Å². The molecule has 0 radical (unpaired) electrons. The van der Waals surface area contributed by atoms with Gasteiger partial charge in [-0.05, 0) is 35.6 Å². The van der Waals surface area contributed by atoms with Crippen LogP contribution in [0.3, 0.4) is 0 Å². The first-order valence-electron chi connectivity index (χ1n) is 6.96. The molecule has 0 bridgehead atoms. The van der Waals surface area contributed by atoms with Gasteiger partial charge in [-0.3, -0.25) is 4.79 Å². The number of nitrogens with zero attached hydrogens (tertiary/aromatic N) is 1. The van der Waals surface area contributed by atoms with E-state index in [0.29, 0.717) is 11.7 Å². The van der Waals surface area contributed by atoms with Crippen molar-refractivity contribution < 1.29 is 14.6 Å². The summed E-state index contributed by atoms with van der Waals surface area (Å²) in [4.78, 5) is 13.6. The smallest absolute Gasteiger partial charge is 0.311 e. The molecule has 1 aromatic carbocycles. The summed E-state index contributed by atoms with van der Waals surface area (Å²) >= 11 is 0. The van der Waals surface area contributed by atoms with Crippen LogP contribution >= 0.6 is 0 Å². The van der Waals surface area contributed by atoms with Gasteiger partial charge in [-0.1, -0.05) is 18.2 Å². The van der Waals surface area contributed by atoms with Crippen molar-refractivity contribution in [3.8, 4) is 5.75 Å². The number of aromatic hydroxyl groups is 1. The lowest BCUT2D eigenvalue weighted by Gasteiger charge is -2.39. The second kappa shape index (κ2) is 5.29. The zero-order valence-corrected chi connectivity index (χ0v) is 11.6. The second-order valence-corrected chi connectivity index (χ2v) is 5.65. The minimum absolute atomic E-state index is 0.0526. The molecule has 0 spiro atoms. The van der Waals surface area contributed by atoms with Gasteiger partial charge in [-0.2, -0.15) is 0 Å². The largest absolute Gasteiger partial charge is 0.508 e. The highest BCUT2D eigenvalue weighted by Crippen LogP contribution is 2.28. The van der Waals surface area contributed by atoms with Crippen molar-refractivity contribution in [1.82, 2.24) is 4.90 Å². The Kier molecular flexibility index (Phi) is 3.49. The maximum absolute atomic E-state index is 11.3. The number of phenolic OH excluding ortho intramolecular Hbond substituents is 1. The molecule has 1 saturated heterocycles. The lowest BCUT2D eigenvalue weighted by Crippen LogP contribution is -2.52. The standard InChI is InChI=1S/C16H19NO3/c1-20-16(19)14-9-17(10-14)8-11-2-3-13-7-15(18)5-4-12(13)6-11/h2-5,7,11,14,18H,6,8-10H2,1H3. The van der Waals surface area contributed by atoms with E-state index >= 15 is 0 Å². The van der Waals surface area contributed by atoms with Crippen LogP contribution in [0.15, 0.2) is 24.3 Å². The highest BCUT2D eigenvalue weighted by Gasteiger charge is 2.34. The molecule has 20 heavy (non-hydrogen) atoms. The van der Waals surface area contributed by atoms with Crippen LogP contribution < -0.4 is 0 Å². The summed E-state index contributed by atoms with van der Waals surface area (Å²) in [6, 6.07) is 5.54. The van der Waals surface area contributed by atoms with Crippen LogP contribution in [-0.4, -0.2) is 42.7 Å². The Balaban J connectivity index is 1.55. The van der Waals surface area contributed by atoms with Crippen LogP contribution in [0.2, 0.25) is 0 Å². The van der Waals surface area contributed by atoms with E-state index in [-0.39, 0.29) is 11.9 Å². The fourth-order valence-corrected chi connectivity index (χ4v) is 3.01. The molecule has 3 rings (SSSR count). The third-order valence-electron chi connectivity index (χ3n) is 4.14. The van der Waals surface area contributed by atoms with Gasteiger partial charge in [0.05, 0.1) is 13.0 Å². The summed E-state index contributed by atoms with van der Waals surface area (Å²) in [6.07, 6.45) is 5.28. The maximum atomic E-state index is 11.3. The van der Waals surface area contributed by atoms with Gasteiger partial charge in [0, 0.05) is 19.6 Å². The number of hydrogen-bond donors (Lipinski definition) is 1. The number of benzene rings is 1. The Hall–Kier alpha value is -1.81. The molecule has 1 aliphatic carbocycles. The predicted octanol–water partition coefficient (Wildman–Crippen LogP) is 1.68. The van der Waals surface area contributed by atoms with E-state index in [1.54, 1.807) is 12.1 Å². The van der Waals surface area contributed by atoms with Crippen molar-refractivity contribution in [2.45, 2.75) is 6.42 Å². The first-order valence-corrected chi connectivity index (χ1v) is 6.96. The highest BCUT2D eigenvalue weighted by molar-refractivity contribution is 5.73. The van der Waals surface area contributed by atoms with Crippen LogP contribution in [-0.2, 0) is 16.0 Å². The minimum atomic E-state index is -0.0961. The third kappa shape index (κ3) is 2.56. The van der Waals surface area contributed by atoms with Crippen molar-refractivity contribution in [2.24, 2.45) is 11.8 Å². The fourth-order valence-electron chi connectivity index (χ4n) is 3.01. The quantitative estimate of drug-likeness (QED) is 0.851. The normalized spacial score (nSPS) is 22.1. The summed E-state index contributed by atoms with van der Waals surface area (Å²) < 4.78 is 4.75. The zero-order chi connectivity index (χ0) is 14.1. The van der Waals surface area contributed by atoms with Crippen molar-refractivity contribution in [3.05, 3.63) is 35.4 Å². The number of ether oxygens (including phenoxy) is 1. The Morgan fingerprint density at radius 3 is 3.00 bits per heavy atom. The molecule has 0 aromatic heterocycles. The predicted molar refractivity (Wildman–Crippen MR) is 76.3 cm³/mol. The SMILES string of the molecule is COC(=O)C1CN(CC2C=Cc3cc(O)ccc3C2)C1. The molecule has 2 aliphatic rings. The maximum Gasteiger partial charge on any atom is 0.311 e. The summed E-state index contributed by atoms with van der Waals surface area (Å²) in [7, 11) is 1.45. The number of rotatable bonds is 3. The van der Waals surface area contributed by atoms with Crippen molar-refractivity contribution in [2.75, 3.05) is 26.7 Å². The second-order valence-electron chi connectivity index (χ2n) is 5.65. The molecule has 1 N–H and O–H groups in total. The lowest BCUT2D eigenvalue weighted by molar-refractivity contribution is -0.151. The van der Waals surface area contributed by atoms with E-state index in [2.05, 4.69) is 17.1 Å². The van der Waals surface area contributed by atoms with Crippen LogP contribution in [0, 0.1) is 11.8 Å². The molecule has 1 atom stereocenters. The van der Waals surface area contributed by atoms with Crippen LogP contribution in [0.4, 0.5) is 0 Å². The van der Waals surface area contributed by atoms with Gasteiger partial charge in [-0.15, -0.1) is 0 Å². The number of fused-ring (bicyclic) bond motifs is 1. The van der Waals surface area contributed by atoms with E-state index in [9.17, 15) is 9.90 Å². The Bertz CT molecular complexity index is 547. The monoisotopic (exact) mass is 273 g/mol. The van der Waals surface area contributed by atoms with Gasteiger partial charge >= 0.3 is 5.97 Å². The van der Waals surface area contributed by atoms with E-state index in [4.69, 9.17) is 4.74 Å². The summed E-state index contributed by atoms with van der Waals surface area (Å²) in [5.74, 6) is 0.749. The van der Waals surface area contributed by atoms with E-state index in [1.165, 1.54) is 12.7 Å². The molecule has 1 heterocycles. The number of esters is 1. The fraction of sp³-hybridized carbons (Fsp3) is 0.438. The molecule has 1 unspecified atom stereocenters. The van der Waals surface area contributed by atoms with E-state index < -0.39 is 0 Å². The topological polar surface area (TPSA) is 49.8 Å². The third-order valence-corrected chi connectivity index (χ3v) is 4.14. The van der Waals surface area contributed by atoms with Gasteiger partial charge < -0.3 is 14.7 Å². The molecule has 0 amide bonds. The number of methoxy groups -OCH3 is 1. The number of carbonyl (C=O) groups excluding carboxylic acids is 1. The molecular weight excluding hydrogens is 254 g/mol. The minimum Gasteiger partial charge on any atom is -0.508 e. The molecule has 0 saturated carbocycles. The summed E-state index contributed by atoms with van der Waals surface area (Å²) in [6.45, 7) is 2.59. The number of likely N-dealkylation sites (tertiary alicyclic amines) is 1. The van der Waals surface area contributed by atoms with Crippen LogP contribution in [0.25, 0.3) is 6.08 Å². The lowest BCUT2D eigenvalue weighted by atomic mass is 9.88. The molecule has 4 nitrogen and oxygen atoms in total. The first-order chi connectivity index (χ1) is 9.65. The van der Waals surface area contributed by atoms with Crippen LogP contribution in [0.5, 0.6) is 5.75 Å². The van der Waals surface area contributed by atoms with Gasteiger partial charge in [0.1, 0.15) is 5.75 Å². The van der Waals surface area contributed by atoms with E-state index in [0.717, 1.165) is 31.6 Å². The van der Waals surface area contributed by atoms with Gasteiger partial charge in [0.25, 0.3) is 0 Å². The molecule has 1 aromatic rings. The highest BCUT2D eigenvalue weighted by atomic mass is 16.5. The molecule has 1 aliphatic heterocycles. The summed E-state index contributed by atoms with van der Waals surface area (Å²) in [5, 5.41) is 9.47. The van der Waals surface area contributed by atoms with Gasteiger partial charge in [-0.25, -0.2) is 0 Å². The summed E-state index contributed by atoms with van der Waals surface area (Å²) in [5.41, 5.74) is 2.39. The first kappa shape index (κ1) is 13.2. The zero-order valence-electron chi connectivity index (χ0n) is 11.6. The average molecular weight is 273 g/mol. The molecular formula is C16H19NO3. The number of phenols is 1. The van der Waals surface area contributed by atoms with Crippen molar-refractivity contribution >= 4 is 12.0 Å². The molecule has 106 valence electrons. The van der Waals surface area contributed by atoms with E-state index in [1.807, 2.05) is 6.07 Å². The van der Waals surface area contributed by atoms with Gasteiger partial charge in [0.15, 0.2) is 0 Å². The van der Waals surface area contributed by atoms with Gasteiger partial charge in [0.2, 0.25) is 0 Å². The van der Waals surface area contributed by atoms with Crippen LogP contribution in [0.1, 0.15) is 11.1 Å². The molecule has 1 fully saturated rings. The number of carbonyl (C=O) groups is 1. The Morgan fingerprint density at radius 1 is 1.45 bits per heavy atom. The Morgan fingerprint density at radius 2 is 2.25 bits per heavy atom. The van der Waals surface area contributed by atoms with Crippen molar-refractivity contribution in [1.29, 1.82) is 0 Å². The molecule has 4 heteroatoms. The average Bonchev–Trinajstić information content (AvgIpc) is 2.41.